The Labute approximate surface area is 149 Å². The van der Waals surface area contributed by atoms with Gasteiger partial charge in [-0.05, 0) is 25.0 Å². The minimum absolute atomic E-state index is 0.0937. The quantitative estimate of drug-likeness (QED) is 0.839. The molecule has 1 amide bonds. The highest BCUT2D eigenvalue weighted by Gasteiger charge is 2.33. The van der Waals surface area contributed by atoms with Gasteiger partial charge in [-0.15, -0.1) is 0 Å². The molecule has 0 spiro atoms. The molecule has 1 heterocycles. The predicted octanol–water partition coefficient (Wildman–Crippen LogP) is 4.49. The Morgan fingerprint density at radius 3 is 2.35 bits per heavy atom. The number of hydrogen-bond donors (Lipinski definition) is 2. The molecule has 0 aliphatic heterocycles. The topological polar surface area (TPSA) is 66.9 Å². The van der Waals surface area contributed by atoms with E-state index in [9.17, 15) is 18.0 Å². The number of nitrogens with zero attached hydrogens (tertiary/aromatic N) is 2. The third-order valence-electron chi connectivity index (χ3n) is 4.33. The fraction of sp³-hybridized carbons (Fsp3) is 0.389. The van der Waals surface area contributed by atoms with Crippen molar-refractivity contribution in [3.8, 4) is 0 Å². The van der Waals surface area contributed by atoms with Gasteiger partial charge in [0.25, 0.3) is 5.91 Å². The van der Waals surface area contributed by atoms with Crippen molar-refractivity contribution < 1.29 is 18.0 Å². The average molecular weight is 364 g/mol. The lowest BCUT2D eigenvalue weighted by Crippen LogP contribution is -2.23. The Kier molecular flexibility index (Phi) is 5.39. The van der Waals surface area contributed by atoms with Crippen molar-refractivity contribution >= 4 is 17.5 Å². The van der Waals surface area contributed by atoms with Gasteiger partial charge in [-0.2, -0.15) is 13.2 Å². The molecular weight excluding hydrogens is 345 g/mol. The van der Waals surface area contributed by atoms with E-state index in [2.05, 4.69) is 20.6 Å². The molecule has 1 aromatic carbocycles. The molecule has 0 unspecified atom stereocenters. The number of aromatic nitrogens is 2. The zero-order valence-electron chi connectivity index (χ0n) is 14.0. The second kappa shape index (κ2) is 7.72. The van der Waals surface area contributed by atoms with E-state index in [0.717, 1.165) is 31.7 Å². The van der Waals surface area contributed by atoms with Crippen LogP contribution in [-0.4, -0.2) is 21.9 Å². The van der Waals surface area contributed by atoms with Gasteiger partial charge in [0.1, 0.15) is 0 Å². The second-order valence-corrected chi connectivity index (χ2v) is 6.27. The molecule has 1 aliphatic carbocycles. The molecule has 1 saturated carbocycles. The van der Waals surface area contributed by atoms with Crippen LogP contribution in [-0.2, 0) is 6.18 Å². The van der Waals surface area contributed by atoms with Crippen LogP contribution in [0.2, 0.25) is 0 Å². The summed E-state index contributed by atoms with van der Waals surface area (Å²) in [5.41, 5.74) is -1.10. The highest BCUT2D eigenvalue weighted by Crippen LogP contribution is 2.34. The fourth-order valence-electron chi connectivity index (χ4n) is 2.98. The first kappa shape index (κ1) is 18.2. The molecule has 1 aliphatic rings. The maximum Gasteiger partial charge on any atom is 0.418 e. The normalized spacial score (nSPS) is 15.5. The highest BCUT2D eigenvalue weighted by atomic mass is 19.4. The third kappa shape index (κ3) is 4.50. The van der Waals surface area contributed by atoms with Crippen molar-refractivity contribution in [3.05, 3.63) is 47.8 Å². The molecule has 1 aromatic heterocycles. The zero-order valence-corrected chi connectivity index (χ0v) is 14.0. The summed E-state index contributed by atoms with van der Waals surface area (Å²) < 4.78 is 39.0. The van der Waals surface area contributed by atoms with Gasteiger partial charge in [0.05, 0.1) is 16.8 Å². The smallest absolute Gasteiger partial charge is 0.351 e. The molecule has 138 valence electrons. The van der Waals surface area contributed by atoms with Crippen molar-refractivity contribution in [1.29, 1.82) is 0 Å². The van der Waals surface area contributed by atoms with E-state index in [-0.39, 0.29) is 11.3 Å². The van der Waals surface area contributed by atoms with E-state index in [0.29, 0.717) is 12.0 Å². The number of alkyl halides is 3. The van der Waals surface area contributed by atoms with Crippen LogP contribution in [0.25, 0.3) is 0 Å². The first-order valence-corrected chi connectivity index (χ1v) is 8.49. The van der Waals surface area contributed by atoms with Gasteiger partial charge >= 0.3 is 6.18 Å². The van der Waals surface area contributed by atoms with Gasteiger partial charge in [-0.25, -0.2) is 9.97 Å². The van der Waals surface area contributed by atoms with Crippen LogP contribution in [0, 0.1) is 0 Å². The number of nitrogens with one attached hydrogen (secondary N) is 2. The Morgan fingerprint density at radius 2 is 1.69 bits per heavy atom. The molecular formula is C18H19F3N4O. The van der Waals surface area contributed by atoms with Crippen molar-refractivity contribution in [2.75, 3.05) is 10.6 Å². The minimum Gasteiger partial charge on any atom is -0.351 e. The summed E-state index contributed by atoms with van der Waals surface area (Å²) >= 11 is 0. The number of carbonyl (C=O) groups is 1. The van der Waals surface area contributed by atoms with Crippen molar-refractivity contribution in [1.82, 2.24) is 9.97 Å². The molecule has 0 atom stereocenters. The van der Waals surface area contributed by atoms with E-state index in [1.807, 2.05) is 0 Å². The van der Waals surface area contributed by atoms with E-state index >= 15 is 0 Å². The lowest BCUT2D eigenvalue weighted by atomic mass is 9.96. The van der Waals surface area contributed by atoms with Crippen LogP contribution < -0.4 is 10.6 Å². The predicted molar refractivity (Wildman–Crippen MR) is 91.9 cm³/mol. The highest BCUT2D eigenvalue weighted by molar-refractivity contribution is 6.04. The van der Waals surface area contributed by atoms with E-state index in [1.54, 1.807) is 0 Å². The van der Waals surface area contributed by atoms with Crippen LogP contribution in [0.4, 0.5) is 24.8 Å². The summed E-state index contributed by atoms with van der Waals surface area (Å²) in [6, 6.07) is 5.15. The largest absolute Gasteiger partial charge is 0.418 e. The van der Waals surface area contributed by atoms with Crippen LogP contribution in [0.1, 0.15) is 48.0 Å². The second-order valence-electron chi connectivity index (χ2n) is 6.27. The average Bonchev–Trinajstić information content (AvgIpc) is 2.63. The molecule has 0 saturated heterocycles. The molecule has 5 nitrogen and oxygen atoms in total. The summed E-state index contributed by atoms with van der Waals surface area (Å²) in [4.78, 5) is 20.4. The van der Waals surface area contributed by atoms with E-state index in [1.165, 1.54) is 37.0 Å². The lowest BCUT2D eigenvalue weighted by Gasteiger charge is -2.22. The molecule has 8 heteroatoms. The monoisotopic (exact) mass is 364 g/mol. The Hall–Kier alpha value is -2.64. The molecule has 0 bridgehead atoms. The number of benzene rings is 1. The standard InChI is InChI=1S/C18H19F3N4O/c19-18(20,21)14-8-4-5-9-15(14)25-16(26)12-10-22-17(23-11-12)24-13-6-2-1-3-7-13/h4-5,8-11,13H,1-3,6-7H2,(H,25,26)(H,22,23,24). The first-order chi connectivity index (χ1) is 12.4. The van der Waals surface area contributed by atoms with Gasteiger partial charge in [0.15, 0.2) is 0 Å². The van der Waals surface area contributed by atoms with Crippen molar-refractivity contribution in [2.45, 2.75) is 44.3 Å². The molecule has 2 N–H and O–H groups in total. The number of carbonyl (C=O) groups excluding carboxylic acids is 1. The van der Waals surface area contributed by atoms with Crippen molar-refractivity contribution in [3.63, 3.8) is 0 Å². The van der Waals surface area contributed by atoms with Crippen LogP contribution >= 0.6 is 0 Å². The van der Waals surface area contributed by atoms with Crippen molar-refractivity contribution in [2.24, 2.45) is 0 Å². The number of hydrogen-bond acceptors (Lipinski definition) is 4. The van der Waals surface area contributed by atoms with Gasteiger partial charge in [0, 0.05) is 18.4 Å². The summed E-state index contributed by atoms with van der Waals surface area (Å²) in [6.07, 6.45) is 3.74. The minimum atomic E-state index is -4.55. The Balaban J connectivity index is 1.67. The number of amides is 1. The van der Waals surface area contributed by atoms with Crippen LogP contribution in [0.15, 0.2) is 36.7 Å². The van der Waals surface area contributed by atoms with Gasteiger partial charge < -0.3 is 10.6 Å². The fourth-order valence-corrected chi connectivity index (χ4v) is 2.98. The zero-order chi connectivity index (χ0) is 18.6. The van der Waals surface area contributed by atoms with Gasteiger partial charge in [-0.1, -0.05) is 31.4 Å². The van der Waals surface area contributed by atoms with Crippen LogP contribution in [0.3, 0.4) is 0 Å². The molecule has 0 radical (unpaired) electrons. The number of rotatable bonds is 4. The van der Waals surface area contributed by atoms with Gasteiger partial charge in [-0.3, -0.25) is 4.79 Å². The first-order valence-electron chi connectivity index (χ1n) is 8.49. The number of anilines is 2. The summed E-state index contributed by atoms with van der Waals surface area (Å²) in [6.45, 7) is 0. The summed E-state index contributed by atoms with van der Waals surface area (Å²) in [5, 5.41) is 5.50. The maximum absolute atomic E-state index is 13.0. The summed E-state index contributed by atoms with van der Waals surface area (Å²) in [5.74, 6) is -0.268. The SMILES string of the molecule is O=C(Nc1ccccc1C(F)(F)F)c1cnc(NC2CCCCC2)nc1. The molecule has 1 fully saturated rings. The Morgan fingerprint density at radius 1 is 1.04 bits per heavy atom. The Bertz CT molecular complexity index is 756. The lowest BCUT2D eigenvalue weighted by molar-refractivity contribution is -0.136. The van der Waals surface area contributed by atoms with E-state index < -0.39 is 17.6 Å². The molecule has 26 heavy (non-hydrogen) atoms. The van der Waals surface area contributed by atoms with Crippen LogP contribution in [0.5, 0.6) is 0 Å². The van der Waals surface area contributed by atoms with E-state index in [4.69, 9.17) is 0 Å². The van der Waals surface area contributed by atoms with Gasteiger partial charge in [0.2, 0.25) is 5.95 Å². The number of halogens is 3. The summed E-state index contributed by atoms with van der Waals surface area (Å²) in [7, 11) is 0. The maximum atomic E-state index is 13.0. The molecule has 2 aromatic rings. The third-order valence-corrected chi connectivity index (χ3v) is 4.33. The molecule has 3 rings (SSSR count). The number of para-hydroxylation sites is 1.